The van der Waals surface area contributed by atoms with Gasteiger partial charge in [-0.3, -0.25) is 4.79 Å². The van der Waals surface area contributed by atoms with Crippen LogP contribution in [0.1, 0.15) is 26.4 Å². The van der Waals surface area contributed by atoms with E-state index in [0.29, 0.717) is 4.88 Å². The number of rotatable bonds is 4. The van der Waals surface area contributed by atoms with Crippen molar-refractivity contribution in [1.29, 1.82) is 0 Å². The number of carbonyl (C=O) groups excluding carboxylic acids is 1. The molecular weight excluding hydrogens is 324 g/mol. The summed E-state index contributed by atoms with van der Waals surface area (Å²) in [4.78, 5) is 12.7. The molecule has 2 nitrogen and oxygen atoms in total. The summed E-state index contributed by atoms with van der Waals surface area (Å²) in [6.45, 7) is 6.16. The highest BCUT2D eigenvalue weighted by Gasteiger charge is 2.13. The molecule has 4 heteroatoms. The van der Waals surface area contributed by atoms with Crippen LogP contribution < -0.4 is 4.74 Å². The Balaban J connectivity index is 2.11. The van der Waals surface area contributed by atoms with Gasteiger partial charge in [-0.05, 0) is 70.9 Å². The van der Waals surface area contributed by atoms with Gasteiger partial charge in [0.05, 0.1) is 4.88 Å². The van der Waals surface area contributed by atoms with Crippen molar-refractivity contribution < 1.29 is 9.53 Å². The predicted octanol–water partition coefficient (Wildman–Crippen LogP) is 4.70. The predicted molar refractivity (Wildman–Crippen MR) is 82.5 cm³/mol. The van der Waals surface area contributed by atoms with Gasteiger partial charge in [0.1, 0.15) is 5.75 Å². The van der Waals surface area contributed by atoms with E-state index in [-0.39, 0.29) is 12.4 Å². The number of carbonyl (C=O) groups is 1. The SMILES string of the molecule is Cc1cc(C)c(C)c(OCC(=O)c2sccc2Br)c1. The summed E-state index contributed by atoms with van der Waals surface area (Å²) in [5.41, 5.74) is 3.41. The lowest BCUT2D eigenvalue weighted by Crippen LogP contribution is -2.11. The average molecular weight is 339 g/mol. The van der Waals surface area contributed by atoms with Crippen LogP contribution in [0.3, 0.4) is 0 Å². The van der Waals surface area contributed by atoms with Gasteiger partial charge in [-0.2, -0.15) is 0 Å². The van der Waals surface area contributed by atoms with Crippen molar-refractivity contribution in [2.75, 3.05) is 6.61 Å². The second-order valence-electron chi connectivity index (χ2n) is 4.51. The average Bonchev–Trinajstić information content (AvgIpc) is 2.78. The molecule has 0 aliphatic carbocycles. The summed E-state index contributed by atoms with van der Waals surface area (Å²) in [6.07, 6.45) is 0. The molecule has 0 saturated heterocycles. The minimum atomic E-state index is 0.000402. The number of aryl methyl sites for hydroxylation is 2. The van der Waals surface area contributed by atoms with Crippen molar-refractivity contribution in [3.05, 3.63) is 49.6 Å². The van der Waals surface area contributed by atoms with Crippen molar-refractivity contribution in [2.24, 2.45) is 0 Å². The Hall–Kier alpha value is -1.13. The largest absolute Gasteiger partial charge is 0.485 e. The van der Waals surface area contributed by atoms with Crippen molar-refractivity contribution in [3.63, 3.8) is 0 Å². The Labute approximate surface area is 125 Å². The molecule has 0 amide bonds. The molecule has 0 atom stereocenters. The van der Waals surface area contributed by atoms with E-state index in [4.69, 9.17) is 4.74 Å². The van der Waals surface area contributed by atoms with E-state index in [2.05, 4.69) is 22.0 Å². The summed E-state index contributed by atoms with van der Waals surface area (Å²) in [7, 11) is 0. The molecule has 0 N–H and O–H groups in total. The van der Waals surface area contributed by atoms with Crippen LogP contribution >= 0.6 is 27.3 Å². The Morgan fingerprint density at radius 3 is 2.68 bits per heavy atom. The number of thiophene rings is 1. The van der Waals surface area contributed by atoms with Crippen LogP contribution in [0.4, 0.5) is 0 Å². The molecule has 0 aliphatic rings. The highest BCUT2D eigenvalue weighted by Crippen LogP contribution is 2.25. The van der Waals surface area contributed by atoms with Gasteiger partial charge in [-0.15, -0.1) is 11.3 Å². The quantitative estimate of drug-likeness (QED) is 0.755. The standard InChI is InChI=1S/C15H15BrO2S/c1-9-6-10(2)11(3)14(7-9)18-8-13(17)15-12(16)4-5-19-15/h4-7H,8H2,1-3H3. The van der Waals surface area contributed by atoms with Crippen LogP contribution in [0.2, 0.25) is 0 Å². The molecule has 1 aromatic carbocycles. The van der Waals surface area contributed by atoms with Crippen LogP contribution in [0.5, 0.6) is 5.75 Å². The molecular formula is C15H15BrO2S. The number of benzene rings is 1. The molecule has 0 bridgehead atoms. The van der Waals surface area contributed by atoms with Crippen LogP contribution in [0.25, 0.3) is 0 Å². The zero-order valence-corrected chi connectivity index (χ0v) is 13.5. The third kappa shape index (κ3) is 3.25. The van der Waals surface area contributed by atoms with E-state index in [0.717, 1.165) is 21.3 Å². The Kier molecular flexibility index (Phi) is 4.42. The van der Waals surface area contributed by atoms with E-state index >= 15 is 0 Å². The number of ether oxygens (including phenoxy) is 1. The minimum absolute atomic E-state index is 0.000402. The molecule has 100 valence electrons. The molecule has 1 heterocycles. The molecule has 19 heavy (non-hydrogen) atoms. The number of halogens is 1. The van der Waals surface area contributed by atoms with Gasteiger partial charge >= 0.3 is 0 Å². The van der Waals surface area contributed by atoms with Gasteiger partial charge < -0.3 is 4.74 Å². The molecule has 0 aliphatic heterocycles. The monoisotopic (exact) mass is 338 g/mol. The van der Waals surface area contributed by atoms with Crippen LogP contribution in [-0.2, 0) is 0 Å². The van der Waals surface area contributed by atoms with Crippen LogP contribution in [0, 0.1) is 20.8 Å². The first-order valence-corrected chi connectivity index (χ1v) is 7.63. The van der Waals surface area contributed by atoms with Crippen LogP contribution in [-0.4, -0.2) is 12.4 Å². The Morgan fingerprint density at radius 2 is 2.05 bits per heavy atom. The van der Waals surface area contributed by atoms with E-state index in [9.17, 15) is 4.79 Å². The normalized spacial score (nSPS) is 10.5. The fraction of sp³-hybridized carbons (Fsp3) is 0.267. The topological polar surface area (TPSA) is 26.3 Å². The summed E-state index contributed by atoms with van der Waals surface area (Å²) >= 11 is 4.79. The number of hydrogen-bond acceptors (Lipinski definition) is 3. The highest BCUT2D eigenvalue weighted by atomic mass is 79.9. The highest BCUT2D eigenvalue weighted by molar-refractivity contribution is 9.10. The van der Waals surface area contributed by atoms with Gasteiger partial charge in [0.2, 0.25) is 5.78 Å². The lowest BCUT2D eigenvalue weighted by Gasteiger charge is -2.11. The van der Waals surface area contributed by atoms with Gasteiger partial charge in [-0.25, -0.2) is 0 Å². The molecule has 1 aromatic heterocycles. The zero-order valence-electron chi connectivity index (χ0n) is 11.1. The molecule has 0 unspecified atom stereocenters. The lowest BCUT2D eigenvalue weighted by atomic mass is 10.1. The Bertz CT molecular complexity index is 617. The minimum Gasteiger partial charge on any atom is -0.485 e. The number of Topliss-reactive ketones (excluding diaryl/α,β-unsaturated/α-hetero) is 1. The first kappa shape index (κ1) is 14.3. The molecule has 2 rings (SSSR count). The molecule has 0 spiro atoms. The van der Waals surface area contributed by atoms with E-state index in [1.807, 2.05) is 38.3 Å². The maximum atomic E-state index is 12.0. The van der Waals surface area contributed by atoms with Crippen molar-refractivity contribution >= 4 is 33.0 Å². The van der Waals surface area contributed by atoms with Crippen LogP contribution in [0.15, 0.2) is 28.1 Å². The summed E-state index contributed by atoms with van der Waals surface area (Å²) in [6, 6.07) is 5.96. The zero-order chi connectivity index (χ0) is 14.0. The van der Waals surface area contributed by atoms with E-state index < -0.39 is 0 Å². The summed E-state index contributed by atoms with van der Waals surface area (Å²) in [5.74, 6) is 0.791. The fourth-order valence-corrected chi connectivity index (χ4v) is 3.37. The second kappa shape index (κ2) is 5.88. The van der Waals surface area contributed by atoms with Gasteiger partial charge in [0.25, 0.3) is 0 Å². The van der Waals surface area contributed by atoms with Crippen molar-refractivity contribution in [2.45, 2.75) is 20.8 Å². The maximum absolute atomic E-state index is 12.0. The number of ketones is 1. The maximum Gasteiger partial charge on any atom is 0.211 e. The number of hydrogen-bond donors (Lipinski definition) is 0. The summed E-state index contributed by atoms with van der Waals surface area (Å²) < 4.78 is 6.51. The van der Waals surface area contributed by atoms with Crippen molar-refractivity contribution in [1.82, 2.24) is 0 Å². The third-order valence-corrected chi connectivity index (χ3v) is 4.87. The molecule has 0 saturated carbocycles. The second-order valence-corrected chi connectivity index (χ2v) is 6.28. The van der Waals surface area contributed by atoms with E-state index in [1.165, 1.54) is 16.9 Å². The Morgan fingerprint density at radius 1 is 1.32 bits per heavy atom. The first-order valence-electron chi connectivity index (χ1n) is 5.96. The van der Waals surface area contributed by atoms with Gasteiger partial charge in [0, 0.05) is 4.47 Å². The molecule has 2 aromatic rings. The molecule has 0 radical (unpaired) electrons. The van der Waals surface area contributed by atoms with Gasteiger partial charge in [-0.1, -0.05) is 6.07 Å². The fourth-order valence-electron chi connectivity index (χ4n) is 1.85. The van der Waals surface area contributed by atoms with Crippen molar-refractivity contribution in [3.8, 4) is 5.75 Å². The molecule has 0 fully saturated rings. The summed E-state index contributed by atoms with van der Waals surface area (Å²) in [5, 5.41) is 1.89. The van der Waals surface area contributed by atoms with E-state index in [1.54, 1.807) is 0 Å². The first-order chi connectivity index (χ1) is 8.99. The third-order valence-electron chi connectivity index (χ3n) is 2.99. The lowest BCUT2D eigenvalue weighted by molar-refractivity contribution is 0.0924. The smallest absolute Gasteiger partial charge is 0.211 e. The van der Waals surface area contributed by atoms with Gasteiger partial charge in [0.15, 0.2) is 6.61 Å².